The van der Waals surface area contributed by atoms with Gasteiger partial charge in [0.2, 0.25) is 0 Å². The fraction of sp³-hybridized carbons (Fsp3) is 0.350. The monoisotopic (exact) mass is 414 g/mol. The SMILES string of the molecule is CSC1=Nc2c(c(C)c(-c3ccccc3)n2COC(CO)CO)C2=NC(=O)CN12. The Labute approximate surface area is 172 Å². The number of fused-ring (bicyclic) bond motifs is 3. The van der Waals surface area contributed by atoms with Crippen LogP contribution in [0.3, 0.4) is 0 Å². The Morgan fingerprint density at radius 1 is 1.21 bits per heavy atom. The Kier molecular flexibility index (Phi) is 5.55. The van der Waals surface area contributed by atoms with Crippen LogP contribution in [0.5, 0.6) is 0 Å². The van der Waals surface area contributed by atoms with Crippen molar-refractivity contribution in [2.45, 2.75) is 19.8 Å². The Hall–Kier alpha value is -2.46. The summed E-state index contributed by atoms with van der Waals surface area (Å²) in [5, 5.41) is 19.5. The minimum Gasteiger partial charge on any atom is -0.394 e. The number of carbonyl (C=O) groups is 1. The largest absolute Gasteiger partial charge is 0.394 e. The van der Waals surface area contributed by atoms with Crippen molar-refractivity contribution < 1.29 is 19.7 Å². The van der Waals surface area contributed by atoms with Crippen LogP contribution in [-0.2, 0) is 16.3 Å². The molecule has 2 aromatic rings. The predicted octanol–water partition coefficient (Wildman–Crippen LogP) is 1.74. The smallest absolute Gasteiger partial charge is 0.267 e. The Balaban J connectivity index is 1.91. The topological polar surface area (TPSA) is 99.6 Å². The van der Waals surface area contributed by atoms with Crippen LogP contribution in [0.2, 0.25) is 0 Å². The zero-order valence-electron chi connectivity index (χ0n) is 16.2. The third-order valence-corrected chi connectivity index (χ3v) is 5.67. The van der Waals surface area contributed by atoms with Gasteiger partial charge in [0, 0.05) is 0 Å². The number of ether oxygens (including phenoxy) is 1. The minimum absolute atomic E-state index is 0.0958. The van der Waals surface area contributed by atoms with E-state index in [1.807, 2.05) is 53.0 Å². The maximum Gasteiger partial charge on any atom is 0.267 e. The number of aliphatic hydroxyl groups is 2. The molecule has 152 valence electrons. The van der Waals surface area contributed by atoms with E-state index in [-0.39, 0.29) is 32.4 Å². The molecule has 0 aliphatic carbocycles. The van der Waals surface area contributed by atoms with Crippen LogP contribution in [0.4, 0.5) is 5.82 Å². The Morgan fingerprint density at radius 2 is 1.93 bits per heavy atom. The second-order valence-corrected chi connectivity index (χ2v) is 7.54. The van der Waals surface area contributed by atoms with Crippen LogP contribution in [0.15, 0.2) is 40.3 Å². The van der Waals surface area contributed by atoms with Gasteiger partial charge in [0.15, 0.2) is 5.17 Å². The highest BCUT2D eigenvalue weighted by Crippen LogP contribution is 2.41. The molecule has 8 nitrogen and oxygen atoms in total. The van der Waals surface area contributed by atoms with E-state index in [0.29, 0.717) is 16.8 Å². The third-order valence-electron chi connectivity index (χ3n) is 4.99. The maximum absolute atomic E-state index is 12.1. The van der Waals surface area contributed by atoms with Crippen molar-refractivity contribution >= 4 is 34.5 Å². The summed E-state index contributed by atoms with van der Waals surface area (Å²) in [7, 11) is 0. The first-order valence-electron chi connectivity index (χ1n) is 9.23. The number of hydrogen-bond acceptors (Lipinski definition) is 7. The van der Waals surface area contributed by atoms with Crippen molar-refractivity contribution in [1.82, 2.24) is 9.47 Å². The molecular weight excluding hydrogens is 392 g/mol. The van der Waals surface area contributed by atoms with Gasteiger partial charge in [0.25, 0.3) is 5.91 Å². The van der Waals surface area contributed by atoms with Crippen molar-refractivity contribution in [1.29, 1.82) is 0 Å². The molecule has 0 radical (unpaired) electrons. The number of thioether (sulfide) groups is 1. The van der Waals surface area contributed by atoms with E-state index in [4.69, 9.17) is 9.73 Å². The van der Waals surface area contributed by atoms with Crippen LogP contribution in [-0.4, -0.2) is 68.7 Å². The first kappa shape index (κ1) is 19.8. The van der Waals surface area contributed by atoms with Gasteiger partial charge in [0.1, 0.15) is 31.0 Å². The summed E-state index contributed by atoms with van der Waals surface area (Å²) in [6, 6.07) is 9.85. The van der Waals surface area contributed by atoms with Crippen LogP contribution in [0.25, 0.3) is 11.3 Å². The Bertz CT molecular complexity index is 996. The molecule has 0 unspecified atom stereocenters. The number of amides is 1. The van der Waals surface area contributed by atoms with Gasteiger partial charge in [-0.3, -0.25) is 9.69 Å². The molecule has 0 spiro atoms. The molecule has 2 aliphatic heterocycles. The summed E-state index contributed by atoms with van der Waals surface area (Å²) in [5.74, 6) is 1.07. The van der Waals surface area contributed by atoms with E-state index >= 15 is 0 Å². The number of hydrogen-bond donors (Lipinski definition) is 2. The highest BCUT2D eigenvalue weighted by molar-refractivity contribution is 8.13. The summed E-state index contributed by atoms with van der Waals surface area (Å²) in [5.41, 5.74) is 3.63. The molecule has 4 rings (SSSR count). The van der Waals surface area contributed by atoms with Gasteiger partial charge in [-0.1, -0.05) is 42.1 Å². The van der Waals surface area contributed by atoms with Crippen LogP contribution in [0.1, 0.15) is 11.1 Å². The Morgan fingerprint density at radius 3 is 2.59 bits per heavy atom. The molecule has 0 bridgehead atoms. The van der Waals surface area contributed by atoms with E-state index < -0.39 is 6.10 Å². The van der Waals surface area contributed by atoms with Gasteiger partial charge >= 0.3 is 0 Å². The number of rotatable bonds is 6. The second-order valence-electron chi connectivity index (χ2n) is 6.76. The molecule has 1 aromatic carbocycles. The molecular formula is C20H22N4O4S. The highest BCUT2D eigenvalue weighted by Gasteiger charge is 2.37. The van der Waals surface area contributed by atoms with Crippen LogP contribution in [0, 0.1) is 6.92 Å². The normalized spacial score (nSPS) is 15.5. The van der Waals surface area contributed by atoms with E-state index in [2.05, 4.69) is 4.99 Å². The fourth-order valence-corrected chi connectivity index (χ4v) is 4.18. The first-order chi connectivity index (χ1) is 14.1. The molecule has 9 heteroatoms. The van der Waals surface area contributed by atoms with Gasteiger partial charge in [0.05, 0.1) is 24.5 Å². The van der Waals surface area contributed by atoms with Crippen LogP contribution < -0.4 is 0 Å². The molecule has 1 amide bonds. The third kappa shape index (κ3) is 3.40. The van der Waals surface area contributed by atoms with E-state index in [0.717, 1.165) is 22.4 Å². The van der Waals surface area contributed by atoms with Crippen molar-refractivity contribution in [3.8, 4) is 11.3 Å². The lowest BCUT2D eigenvalue weighted by atomic mass is 10.0. The molecule has 0 saturated carbocycles. The summed E-state index contributed by atoms with van der Waals surface area (Å²) < 4.78 is 7.65. The number of amidine groups is 2. The number of benzene rings is 1. The number of aliphatic hydroxyl groups excluding tert-OH is 2. The van der Waals surface area contributed by atoms with Crippen molar-refractivity contribution in [2.75, 3.05) is 26.0 Å². The molecule has 2 N–H and O–H groups in total. The predicted molar refractivity (Wildman–Crippen MR) is 113 cm³/mol. The lowest BCUT2D eigenvalue weighted by molar-refractivity contribution is -0.116. The lowest BCUT2D eigenvalue weighted by Crippen LogP contribution is -2.36. The second kappa shape index (κ2) is 8.11. The van der Waals surface area contributed by atoms with Gasteiger partial charge < -0.3 is 19.5 Å². The summed E-state index contributed by atoms with van der Waals surface area (Å²) in [6.07, 6.45) is 1.22. The summed E-state index contributed by atoms with van der Waals surface area (Å²) >= 11 is 1.45. The quantitative estimate of drug-likeness (QED) is 0.747. The lowest BCUT2D eigenvalue weighted by Gasteiger charge is -2.25. The zero-order chi connectivity index (χ0) is 20.5. The maximum atomic E-state index is 12.1. The van der Waals surface area contributed by atoms with Crippen molar-refractivity contribution in [3.63, 3.8) is 0 Å². The van der Waals surface area contributed by atoms with Gasteiger partial charge in [-0.2, -0.15) is 4.99 Å². The summed E-state index contributed by atoms with van der Waals surface area (Å²) in [4.78, 5) is 23.0. The zero-order valence-corrected chi connectivity index (χ0v) is 17.0. The number of aliphatic imine (C=N–C) groups is 2. The van der Waals surface area contributed by atoms with Gasteiger partial charge in [-0.25, -0.2) is 4.99 Å². The molecule has 1 aromatic heterocycles. The number of carbonyl (C=O) groups excluding carboxylic acids is 1. The molecule has 0 saturated heterocycles. The number of nitrogens with zero attached hydrogens (tertiary/aromatic N) is 4. The van der Waals surface area contributed by atoms with Crippen molar-refractivity contribution in [2.24, 2.45) is 9.98 Å². The summed E-state index contributed by atoms with van der Waals surface area (Å²) in [6.45, 7) is 1.70. The van der Waals surface area contributed by atoms with E-state index in [9.17, 15) is 15.0 Å². The average Bonchev–Trinajstić information content (AvgIpc) is 3.25. The molecule has 29 heavy (non-hydrogen) atoms. The highest BCUT2D eigenvalue weighted by atomic mass is 32.2. The fourth-order valence-electron chi connectivity index (χ4n) is 3.63. The number of aromatic nitrogens is 1. The van der Waals surface area contributed by atoms with Crippen molar-refractivity contribution in [3.05, 3.63) is 41.5 Å². The molecule has 0 fully saturated rings. The van der Waals surface area contributed by atoms with E-state index in [1.54, 1.807) is 0 Å². The van der Waals surface area contributed by atoms with Gasteiger partial charge in [-0.05, 0) is 24.3 Å². The first-order valence-corrected chi connectivity index (χ1v) is 10.5. The average molecular weight is 414 g/mol. The van der Waals surface area contributed by atoms with E-state index in [1.165, 1.54) is 11.8 Å². The molecule has 2 aliphatic rings. The van der Waals surface area contributed by atoms with Gasteiger partial charge in [-0.15, -0.1) is 0 Å². The minimum atomic E-state index is -0.688. The standard InChI is InChI=1S/C20H22N4O4S/c1-12-16-18-21-15(27)8-23(18)20(29-2)22-19(16)24(11-28-14(9-25)10-26)17(12)13-6-4-3-5-7-13/h3-7,14,25-26H,8-11H2,1-2H3. The molecule has 0 atom stereocenters. The van der Waals surface area contributed by atoms with Crippen LogP contribution >= 0.6 is 11.8 Å². The molecule has 3 heterocycles.